The number of rotatable bonds is 8. The zero-order valence-corrected chi connectivity index (χ0v) is 17.6. The lowest BCUT2D eigenvalue weighted by atomic mass is 9.90. The molecule has 0 aliphatic heterocycles. The molecule has 4 nitrogen and oxygen atoms in total. The third kappa shape index (κ3) is 7.04. The molecule has 168 valence electrons. The first-order chi connectivity index (χ1) is 15.7. The molecule has 1 unspecified atom stereocenters. The van der Waals surface area contributed by atoms with Crippen molar-refractivity contribution in [2.75, 3.05) is 0 Å². The van der Waals surface area contributed by atoms with Gasteiger partial charge in [-0.2, -0.15) is 18.4 Å². The molecule has 33 heavy (non-hydrogen) atoms. The van der Waals surface area contributed by atoms with Crippen LogP contribution in [0.4, 0.5) is 13.2 Å². The number of nitrogens with zero attached hydrogens (tertiary/aromatic N) is 1. The van der Waals surface area contributed by atoms with Gasteiger partial charge >= 0.3 is 6.18 Å². The number of nitriles is 1. The molecule has 0 aromatic heterocycles. The van der Waals surface area contributed by atoms with Crippen LogP contribution >= 0.6 is 0 Å². The Kier molecular flexibility index (Phi) is 7.62. The Bertz CT molecular complexity index is 1130. The first-order valence-corrected chi connectivity index (χ1v) is 10.3. The maximum Gasteiger partial charge on any atom is 0.389 e. The molecule has 1 atom stereocenters. The number of hydrogen-bond donors (Lipinski definition) is 1. The van der Waals surface area contributed by atoms with Gasteiger partial charge in [0.05, 0.1) is 18.1 Å². The van der Waals surface area contributed by atoms with E-state index in [1.807, 2.05) is 36.4 Å². The van der Waals surface area contributed by atoms with Crippen LogP contribution in [0, 0.1) is 11.3 Å². The number of hydrogen-bond acceptors (Lipinski definition) is 3. The monoisotopic (exact) mass is 450 g/mol. The van der Waals surface area contributed by atoms with E-state index in [4.69, 9.17) is 5.26 Å². The summed E-state index contributed by atoms with van der Waals surface area (Å²) >= 11 is 0. The standard InChI is InChI=1S/C26H21F3N2O2/c27-26(28,29)15-23(14-24(32)31-17-19-4-2-1-3-5-19)20-10-12-22(13-11-20)25(33)21-8-6-18(16-30)7-9-21/h1-13,23H,14-15,17H2,(H,31,32). The molecule has 0 radical (unpaired) electrons. The maximum absolute atomic E-state index is 13.2. The topological polar surface area (TPSA) is 70.0 Å². The van der Waals surface area contributed by atoms with E-state index in [9.17, 15) is 22.8 Å². The van der Waals surface area contributed by atoms with Gasteiger partial charge in [-0.1, -0.05) is 54.6 Å². The molecule has 0 aliphatic carbocycles. The summed E-state index contributed by atoms with van der Waals surface area (Å²) in [5.41, 5.74) is 2.28. The Hall–Kier alpha value is -3.92. The van der Waals surface area contributed by atoms with Gasteiger partial charge in [0.2, 0.25) is 5.91 Å². The first-order valence-electron chi connectivity index (χ1n) is 10.3. The zero-order valence-electron chi connectivity index (χ0n) is 17.6. The Balaban J connectivity index is 1.71. The summed E-state index contributed by atoms with van der Waals surface area (Å²) in [4.78, 5) is 25.0. The Morgan fingerprint density at radius 3 is 2.00 bits per heavy atom. The fraction of sp³-hybridized carbons (Fsp3) is 0.192. The van der Waals surface area contributed by atoms with Gasteiger partial charge in [0.15, 0.2) is 5.78 Å². The first kappa shape index (κ1) is 23.7. The molecule has 0 spiro atoms. The molecule has 0 bridgehead atoms. The van der Waals surface area contributed by atoms with Crippen molar-refractivity contribution < 1.29 is 22.8 Å². The molecule has 3 aromatic carbocycles. The minimum absolute atomic E-state index is 0.233. The summed E-state index contributed by atoms with van der Waals surface area (Å²) in [6.45, 7) is 0.233. The van der Waals surface area contributed by atoms with Gasteiger partial charge in [-0.05, 0) is 35.4 Å². The highest BCUT2D eigenvalue weighted by atomic mass is 19.4. The largest absolute Gasteiger partial charge is 0.389 e. The lowest BCUT2D eigenvalue weighted by Gasteiger charge is -2.19. The van der Waals surface area contributed by atoms with E-state index in [1.165, 1.54) is 48.5 Å². The highest BCUT2D eigenvalue weighted by Crippen LogP contribution is 2.33. The fourth-order valence-electron chi connectivity index (χ4n) is 3.45. The molecular weight excluding hydrogens is 429 g/mol. The van der Waals surface area contributed by atoms with Crippen LogP contribution in [0.2, 0.25) is 0 Å². The van der Waals surface area contributed by atoms with E-state index in [2.05, 4.69) is 5.32 Å². The van der Waals surface area contributed by atoms with Crippen LogP contribution < -0.4 is 5.32 Å². The van der Waals surface area contributed by atoms with E-state index >= 15 is 0 Å². The summed E-state index contributed by atoms with van der Waals surface area (Å²) in [7, 11) is 0. The van der Waals surface area contributed by atoms with Gasteiger partial charge in [-0.15, -0.1) is 0 Å². The van der Waals surface area contributed by atoms with Crippen molar-refractivity contribution in [3.8, 4) is 6.07 Å². The summed E-state index contributed by atoms with van der Waals surface area (Å²) < 4.78 is 39.5. The molecule has 0 saturated carbocycles. The SMILES string of the molecule is N#Cc1ccc(C(=O)c2ccc(C(CC(=O)NCc3ccccc3)CC(F)(F)F)cc2)cc1. The van der Waals surface area contributed by atoms with Gasteiger partial charge in [-0.3, -0.25) is 9.59 Å². The van der Waals surface area contributed by atoms with Crippen LogP contribution in [0.5, 0.6) is 0 Å². The average Bonchev–Trinajstić information content (AvgIpc) is 2.82. The summed E-state index contributed by atoms with van der Waals surface area (Å²) in [6, 6.07) is 23.0. The van der Waals surface area contributed by atoms with E-state index < -0.39 is 24.4 Å². The quantitative estimate of drug-likeness (QED) is 0.459. The van der Waals surface area contributed by atoms with E-state index in [-0.39, 0.29) is 18.7 Å². The third-order valence-electron chi connectivity index (χ3n) is 5.16. The van der Waals surface area contributed by atoms with Crippen LogP contribution in [0.15, 0.2) is 78.9 Å². The smallest absolute Gasteiger partial charge is 0.352 e. The van der Waals surface area contributed by atoms with Crippen molar-refractivity contribution in [1.29, 1.82) is 5.26 Å². The second kappa shape index (κ2) is 10.6. The highest BCUT2D eigenvalue weighted by Gasteiger charge is 2.33. The minimum atomic E-state index is -4.44. The molecule has 1 N–H and O–H groups in total. The van der Waals surface area contributed by atoms with Gasteiger partial charge in [-0.25, -0.2) is 0 Å². The second-order valence-electron chi connectivity index (χ2n) is 7.62. The van der Waals surface area contributed by atoms with Gasteiger partial charge in [0, 0.05) is 30.0 Å². The molecular formula is C26H21F3N2O2. The third-order valence-corrected chi connectivity index (χ3v) is 5.16. The Morgan fingerprint density at radius 1 is 0.879 bits per heavy atom. The number of nitrogens with one attached hydrogen (secondary N) is 1. The van der Waals surface area contributed by atoms with Crippen LogP contribution in [0.3, 0.4) is 0 Å². The van der Waals surface area contributed by atoms with Crippen LogP contribution in [0.1, 0.15) is 51.4 Å². The van der Waals surface area contributed by atoms with Gasteiger partial charge in [0.1, 0.15) is 0 Å². The lowest BCUT2D eigenvalue weighted by molar-refractivity contribution is -0.141. The summed E-state index contributed by atoms with van der Waals surface area (Å²) in [5.74, 6) is -1.86. The molecule has 0 saturated heterocycles. The van der Waals surface area contributed by atoms with Crippen molar-refractivity contribution in [2.45, 2.75) is 31.5 Å². The maximum atomic E-state index is 13.2. The molecule has 0 fully saturated rings. The molecule has 7 heteroatoms. The van der Waals surface area contributed by atoms with Gasteiger partial charge < -0.3 is 5.32 Å². The predicted molar refractivity (Wildman–Crippen MR) is 117 cm³/mol. The van der Waals surface area contributed by atoms with E-state index in [0.717, 1.165) is 5.56 Å². The minimum Gasteiger partial charge on any atom is -0.352 e. The highest BCUT2D eigenvalue weighted by molar-refractivity contribution is 6.09. The molecule has 1 amide bonds. The molecule has 3 rings (SSSR count). The van der Waals surface area contributed by atoms with Crippen LogP contribution in [-0.2, 0) is 11.3 Å². The van der Waals surface area contributed by atoms with Crippen molar-refractivity contribution in [3.05, 3.63) is 107 Å². The number of amides is 1. The number of halogens is 3. The Labute approximate surface area is 189 Å². The fourth-order valence-corrected chi connectivity index (χ4v) is 3.45. The molecule has 3 aromatic rings. The zero-order chi connectivity index (χ0) is 23.8. The Morgan fingerprint density at radius 2 is 1.45 bits per heavy atom. The lowest BCUT2D eigenvalue weighted by Crippen LogP contribution is -2.26. The number of carbonyl (C=O) groups excluding carboxylic acids is 2. The number of benzene rings is 3. The number of ketones is 1. The van der Waals surface area contributed by atoms with Crippen molar-refractivity contribution in [3.63, 3.8) is 0 Å². The number of alkyl halides is 3. The van der Waals surface area contributed by atoms with Crippen LogP contribution in [-0.4, -0.2) is 17.9 Å². The van der Waals surface area contributed by atoms with Crippen LogP contribution in [0.25, 0.3) is 0 Å². The number of carbonyl (C=O) groups is 2. The van der Waals surface area contributed by atoms with Crippen molar-refractivity contribution >= 4 is 11.7 Å². The van der Waals surface area contributed by atoms with E-state index in [1.54, 1.807) is 0 Å². The average molecular weight is 450 g/mol. The second-order valence-corrected chi connectivity index (χ2v) is 7.62. The van der Waals surface area contributed by atoms with E-state index in [0.29, 0.717) is 22.3 Å². The molecule has 0 aliphatic rings. The summed E-state index contributed by atoms with van der Waals surface area (Å²) in [5, 5.41) is 11.5. The van der Waals surface area contributed by atoms with Crippen molar-refractivity contribution in [1.82, 2.24) is 5.32 Å². The van der Waals surface area contributed by atoms with Crippen molar-refractivity contribution in [2.24, 2.45) is 0 Å². The predicted octanol–water partition coefficient (Wildman–Crippen LogP) is 5.53. The normalized spacial score (nSPS) is 11.9. The molecule has 0 heterocycles. The summed E-state index contributed by atoms with van der Waals surface area (Å²) in [6.07, 6.45) is -5.91. The van der Waals surface area contributed by atoms with Gasteiger partial charge in [0.25, 0.3) is 0 Å².